The van der Waals surface area contributed by atoms with Gasteiger partial charge < -0.3 is 20.5 Å². The van der Waals surface area contributed by atoms with Gasteiger partial charge in [0.15, 0.2) is 0 Å². The third-order valence-electron chi connectivity index (χ3n) is 5.30. The van der Waals surface area contributed by atoms with E-state index < -0.39 is 11.5 Å². The maximum atomic E-state index is 11.6. The number of para-hydroxylation sites is 1. The second-order valence-corrected chi connectivity index (χ2v) is 8.20. The van der Waals surface area contributed by atoms with Crippen LogP contribution in [0.25, 0.3) is 0 Å². The van der Waals surface area contributed by atoms with Crippen molar-refractivity contribution in [3.63, 3.8) is 0 Å². The molecule has 5 heteroatoms. The zero-order chi connectivity index (χ0) is 18.0. The van der Waals surface area contributed by atoms with E-state index in [1.165, 1.54) is 0 Å². The summed E-state index contributed by atoms with van der Waals surface area (Å²) in [6.45, 7) is 6.52. The van der Waals surface area contributed by atoms with E-state index in [1.54, 1.807) is 6.07 Å². The molecule has 1 amide bonds. The van der Waals surface area contributed by atoms with E-state index in [9.17, 15) is 9.90 Å². The first-order valence-electron chi connectivity index (χ1n) is 9.35. The highest BCUT2D eigenvalue weighted by molar-refractivity contribution is 5.96. The Morgan fingerprint density at radius 2 is 2.04 bits per heavy atom. The Bertz CT molecular complexity index is 616. The van der Waals surface area contributed by atoms with Gasteiger partial charge in [0.1, 0.15) is 5.75 Å². The minimum atomic E-state index is -0.631. The summed E-state index contributed by atoms with van der Waals surface area (Å²) in [5, 5.41) is 9.96. The topological polar surface area (TPSA) is 75.8 Å². The Morgan fingerprint density at radius 3 is 2.68 bits per heavy atom. The largest absolute Gasteiger partial charge is 0.489 e. The molecule has 3 rings (SSSR count). The molecule has 1 aromatic carbocycles. The normalized spacial score (nSPS) is 22.3. The van der Waals surface area contributed by atoms with Crippen molar-refractivity contribution < 1.29 is 14.6 Å². The SMILES string of the molecule is CC(C)(O)CN1CCC(CC2CCc3cccc(C(N)=O)c3O2)CC1. The van der Waals surface area contributed by atoms with Crippen LogP contribution in [0.3, 0.4) is 0 Å². The number of ether oxygens (including phenoxy) is 1. The maximum absolute atomic E-state index is 11.6. The molecule has 1 unspecified atom stereocenters. The average Bonchev–Trinajstić information content (AvgIpc) is 2.54. The molecule has 2 heterocycles. The van der Waals surface area contributed by atoms with Crippen molar-refractivity contribution in [3.05, 3.63) is 29.3 Å². The molecule has 0 spiro atoms. The van der Waals surface area contributed by atoms with Gasteiger partial charge in [0.2, 0.25) is 0 Å². The monoisotopic (exact) mass is 346 g/mol. The predicted molar refractivity (Wildman–Crippen MR) is 97.8 cm³/mol. The van der Waals surface area contributed by atoms with Gasteiger partial charge in [-0.3, -0.25) is 4.79 Å². The number of nitrogens with two attached hydrogens (primary N) is 1. The molecule has 1 fully saturated rings. The van der Waals surface area contributed by atoms with E-state index in [2.05, 4.69) is 4.90 Å². The molecule has 0 saturated carbocycles. The van der Waals surface area contributed by atoms with Crippen molar-refractivity contribution in [1.29, 1.82) is 0 Å². The lowest BCUT2D eigenvalue weighted by Crippen LogP contribution is -2.43. The minimum Gasteiger partial charge on any atom is -0.489 e. The Balaban J connectivity index is 1.55. The number of rotatable bonds is 5. The summed E-state index contributed by atoms with van der Waals surface area (Å²) < 4.78 is 6.18. The van der Waals surface area contributed by atoms with Gasteiger partial charge in [-0.25, -0.2) is 0 Å². The number of benzene rings is 1. The smallest absolute Gasteiger partial charge is 0.252 e. The van der Waals surface area contributed by atoms with Crippen molar-refractivity contribution in [2.24, 2.45) is 11.7 Å². The molecule has 5 nitrogen and oxygen atoms in total. The van der Waals surface area contributed by atoms with Crippen LogP contribution in [-0.2, 0) is 6.42 Å². The second-order valence-electron chi connectivity index (χ2n) is 8.20. The van der Waals surface area contributed by atoms with Gasteiger partial charge in [-0.05, 0) is 76.6 Å². The summed E-state index contributed by atoms with van der Waals surface area (Å²) >= 11 is 0. The van der Waals surface area contributed by atoms with Crippen molar-refractivity contribution in [1.82, 2.24) is 4.90 Å². The summed E-state index contributed by atoms with van der Waals surface area (Å²) in [6.07, 6.45) is 5.42. The van der Waals surface area contributed by atoms with Gasteiger partial charge in [-0.2, -0.15) is 0 Å². The molecule has 3 N–H and O–H groups in total. The third-order valence-corrected chi connectivity index (χ3v) is 5.30. The van der Waals surface area contributed by atoms with E-state index in [-0.39, 0.29) is 6.10 Å². The highest BCUT2D eigenvalue weighted by atomic mass is 16.5. The van der Waals surface area contributed by atoms with E-state index in [0.29, 0.717) is 17.2 Å². The lowest BCUT2D eigenvalue weighted by atomic mass is 9.87. The first-order valence-corrected chi connectivity index (χ1v) is 9.35. The van der Waals surface area contributed by atoms with E-state index in [1.807, 2.05) is 26.0 Å². The Kier molecular flexibility index (Phi) is 5.35. The van der Waals surface area contributed by atoms with Crippen LogP contribution in [0.2, 0.25) is 0 Å². The molecule has 0 aromatic heterocycles. The molecule has 1 saturated heterocycles. The van der Waals surface area contributed by atoms with Crippen LogP contribution in [0.5, 0.6) is 5.75 Å². The lowest BCUT2D eigenvalue weighted by Gasteiger charge is -2.37. The number of hydrogen-bond donors (Lipinski definition) is 2. The predicted octanol–water partition coefficient (Wildman–Crippen LogP) is 2.35. The summed E-state index contributed by atoms with van der Waals surface area (Å²) in [5.41, 5.74) is 6.45. The van der Waals surface area contributed by atoms with Gasteiger partial charge in [0.05, 0.1) is 17.3 Å². The number of fused-ring (bicyclic) bond motifs is 1. The quantitative estimate of drug-likeness (QED) is 0.858. The number of likely N-dealkylation sites (tertiary alicyclic amines) is 1. The summed E-state index contributed by atoms with van der Waals surface area (Å²) in [6, 6.07) is 5.65. The van der Waals surface area contributed by atoms with Crippen molar-refractivity contribution >= 4 is 5.91 Å². The maximum Gasteiger partial charge on any atom is 0.252 e. The Morgan fingerprint density at radius 1 is 1.32 bits per heavy atom. The van der Waals surface area contributed by atoms with Crippen LogP contribution in [0, 0.1) is 5.92 Å². The summed E-state index contributed by atoms with van der Waals surface area (Å²) in [7, 11) is 0. The number of amides is 1. The standard InChI is InChI=1S/C20H30N2O3/c1-20(2,24)13-22-10-8-14(9-11-22)12-16-7-6-15-4-3-5-17(19(21)23)18(15)25-16/h3-5,14,16,24H,6-13H2,1-2H3,(H2,21,23). The number of nitrogens with zero attached hydrogens (tertiary/aromatic N) is 1. The number of carbonyl (C=O) groups excluding carboxylic acids is 1. The van der Waals surface area contributed by atoms with Crippen molar-refractivity contribution in [3.8, 4) is 5.75 Å². The fourth-order valence-electron chi connectivity index (χ4n) is 4.12. The molecule has 2 aliphatic heterocycles. The van der Waals surface area contributed by atoms with Crippen molar-refractivity contribution in [2.75, 3.05) is 19.6 Å². The van der Waals surface area contributed by atoms with Crippen LogP contribution in [0.4, 0.5) is 0 Å². The summed E-state index contributed by atoms with van der Waals surface area (Å²) in [5.74, 6) is 0.925. The first kappa shape index (κ1) is 18.2. The number of piperidine rings is 1. The number of β-amino-alcohol motifs (C(OH)–C–C–N with tert-alkyl or cyclic N) is 1. The van der Waals surface area contributed by atoms with Crippen LogP contribution >= 0.6 is 0 Å². The zero-order valence-electron chi connectivity index (χ0n) is 15.3. The molecule has 1 aromatic rings. The number of aliphatic hydroxyl groups is 1. The second kappa shape index (κ2) is 7.34. The minimum absolute atomic E-state index is 0.166. The molecule has 0 radical (unpaired) electrons. The van der Waals surface area contributed by atoms with Gasteiger partial charge in [-0.15, -0.1) is 0 Å². The molecule has 2 aliphatic rings. The molecular weight excluding hydrogens is 316 g/mol. The zero-order valence-corrected chi connectivity index (χ0v) is 15.3. The molecule has 0 aliphatic carbocycles. The molecular formula is C20H30N2O3. The molecule has 138 valence electrons. The number of carbonyl (C=O) groups is 1. The number of hydrogen-bond acceptors (Lipinski definition) is 4. The van der Waals surface area contributed by atoms with Gasteiger partial charge in [0, 0.05) is 6.54 Å². The highest BCUT2D eigenvalue weighted by Crippen LogP contribution is 2.34. The number of primary amides is 1. The van der Waals surface area contributed by atoms with E-state index in [0.717, 1.165) is 57.3 Å². The first-order chi connectivity index (χ1) is 11.8. The van der Waals surface area contributed by atoms with Gasteiger partial charge in [0.25, 0.3) is 5.91 Å². The fraction of sp³-hybridized carbons (Fsp3) is 0.650. The van der Waals surface area contributed by atoms with Crippen LogP contribution in [0.15, 0.2) is 18.2 Å². The van der Waals surface area contributed by atoms with E-state index in [4.69, 9.17) is 10.5 Å². The molecule has 1 atom stereocenters. The van der Waals surface area contributed by atoms with Crippen LogP contribution in [0.1, 0.15) is 55.5 Å². The van der Waals surface area contributed by atoms with E-state index >= 15 is 0 Å². The molecule has 25 heavy (non-hydrogen) atoms. The third kappa shape index (κ3) is 4.73. The van der Waals surface area contributed by atoms with Crippen LogP contribution in [-0.4, -0.2) is 47.3 Å². The van der Waals surface area contributed by atoms with Gasteiger partial charge in [-0.1, -0.05) is 12.1 Å². The van der Waals surface area contributed by atoms with Crippen LogP contribution < -0.4 is 10.5 Å². The Labute approximate surface area is 150 Å². The fourth-order valence-corrected chi connectivity index (χ4v) is 4.12. The highest BCUT2D eigenvalue weighted by Gasteiger charge is 2.29. The van der Waals surface area contributed by atoms with Gasteiger partial charge >= 0.3 is 0 Å². The lowest BCUT2D eigenvalue weighted by molar-refractivity contribution is 0.0202. The van der Waals surface area contributed by atoms with Crippen molar-refractivity contribution in [2.45, 2.75) is 57.7 Å². The Hall–Kier alpha value is -1.59. The average molecular weight is 346 g/mol. The number of aryl methyl sites for hydroxylation is 1. The summed E-state index contributed by atoms with van der Waals surface area (Å²) in [4.78, 5) is 14.0. The molecule has 0 bridgehead atoms.